The van der Waals surface area contributed by atoms with Gasteiger partial charge in [-0.2, -0.15) is 4.98 Å². The zero-order valence-corrected chi connectivity index (χ0v) is 15.3. The van der Waals surface area contributed by atoms with Gasteiger partial charge in [0.1, 0.15) is 5.56 Å². The fraction of sp³-hybridized carbons (Fsp3) is 0.222. The van der Waals surface area contributed by atoms with Crippen molar-refractivity contribution >= 4 is 11.6 Å². The van der Waals surface area contributed by atoms with Gasteiger partial charge >= 0.3 is 0 Å². The standard InChI is InChI=1S/C18H17N7O3/c1-3-27-17-13(6-4-8-19-17)16(26)20-10-14-22-23-15-12(7-5-9-25(14)15)18-21-11(2)24-28-18/h4-9H,3,10H2,1-2H3,(H,20,26). The Morgan fingerprint density at radius 2 is 2.18 bits per heavy atom. The summed E-state index contributed by atoms with van der Waals surface area (Å²) in [7, 11) is 0. The van der Waals surface area contributed by atoms with Crippen molar-refractivity contribution in [2.45, 2.75) is 20.4 Å². The smallest absolute Gasteiger partial charge is 0.261 e. The minimum Gasteiger partial charge on any atom is -0.477 e. The molecule has 4 rings (SSSR count). The van der Waals surface area contributed by atoms with E-state index in [1.807, 2.05) is 19.1 Å². The largest absolute Gasteiger partial charge is 0.477 e. The molecule has 10 heteroatoms. The van der Waals surface area contributed by atoms with Crippen LogP contribution in [0, 0.1) is 6.92 Å². The van der Waals surface area contributed by atoms with Gasteiger partial charge in [0.15, 0.2) is 17.3 Å². The second-order valence-corrected chi connectivity index (χ2v) is 5.85. The molecule has 1 N–H and O–H groups in total. The first-order valence-corrected chi connectivity index (χ1v) is 8.66. The molecular weight excluding hydrogens is 362 g/mol. The Balaban J connectivity index is 1.57. The average molecular weight is 379 g/mol. The Morgan fingerprint density at radius 3 is 2.96 bits per heavy atom. The lowest BCUT2D eigenvalue weighted by molar-refractivity contribution is 0.0945. The van der Waals surface area contributed by atoms with Crippen molar-refractivity contribution in [1.82, 2.24) is 35.0 Å². The zero-order chi connectivity index (χ0) is 19.5. The second-order valence-electron chi connectivity index (χ2n) is 5.85. The fourth-order valence-electron chi connectivity index (χ4n) is 2.73. The number of aryl methyl sites for hydroxylation is 1. The quantitative estimate of drug-likeness (QED) is 0.538. The molecule has 0 bridgehead atoms. The van der Waals surface area contributed by atoms with Crippen LogP contribution in [0.25, 0.3) is 17.1 Å². The third-order valence-electron chi connectivity index (χ3n) is 3.97. The van der Waals surface area contributed by atoms with E-state index in [1.165, 1.54) is 0 Å². The number of carbonyl (C=O) groups is 1. The highest BCUT2D eigenvalue weighted by Crippen LogP contribution is 2.22. The van der Waals surface area contributed by atoms with Gasteiger partial charge in [0, 0.05) is 12.4 Å². The lowest BCUT2D eigenvalue weighted by Crippen LogP contribution is -2.25. The Morgan fingerprint density at radius 1 is 1.29 bits per heavy atom. The van der Waals surface area contributed by atoms with Gasteiger partial charge in [0.25, 0.3) is 11.8 Å². The van der Waals surface area contributed by atoms with Crippen LogP contribution in [0.3, 0.4) is 0 Å². The summed E-state index contributed by atoms with van der Waals surface area (Å²) in [4.78, 5) is 20.9. The Kier molecular flexibility index (Phi) is 4.67. The molecule has 0 radical (unpaired) electrons. The summed E-state index contributed by atoms with van der Waals surface area (Å²) in [6, 6.07) is 6.99. The molecule has 0 aliphatic rings. The third kappa shape index (κ3) is 3.27. The van der Waals surface area contributed by atoms with Crippen molar-refractivity contribution in [3.8, 4) is 17.3 Å². The summed E-state index contributed by atoms with van der Waals surface area (Å²) in [5.74, 6) is 1.44. The average Bonchev–Trinajstić information content (AvgIpc) is 3.33. The molecule has 0 aromatic carbocycles. The third-order valence-corrected chi connectivity index (χ3v) is 3.97. The molecule has 10 nitrogen and oxygen atoms in total. The predicted octanol–water partition coefficient (Wildman–Crippen LogP) is 1.81. The summed E-state index contributed by atoms with van der Waals surface area (Å²) in [5.41, 5.74) is 1.59. The predicted molar refractivity (Wildman–Crippen MR) is 97.6 cm³/mol. The molecule has 0 aliphatic carbocycles. The number of pyridine rings is 2. The topological polar surface area (TPSA) is 120 Å². The number of nitrogens with one attached hydrogen (secondary N) is 1. The van der Waals surface area contributed by atoms with Gasteiger partial charge in [0.2, 0.25) is 5.88 Å². The highest BCUT2D eigenvalue weighted by molar-refractivity contribution is 5.96. The molecule has 1 amide bonds. The van der Waals surface area contributed by atoms with Crippen LogP contribution in [-0.4, -0.2) is 42.2 Å². The van der Waals surface area contributed by atoms with Crippen LogP contribution in [0.1, 0.15) is 28.9 Å². The number of hydrogen-bond donors (Lipinski definition) is 1. The molecule has 4 aromatic rings. The van der Waals surface area contributed by atoms with Crippen LogP contribution in [-0.2, 0) is 6.54 Å². The molecule has 0 fully saturated rings. The van der Waals surface area contributed by atoms with Crippen LogP contribution in [0.5, 0.6) is 5.88 Å². The number of fused-ring (bicyclic) bond motifs is 1. The number of carbonyl (C=O) groups excluding carboxylic acids is 1. The molecule has 0 aliphatic heterocycles. The van der Waals surface area contributed by atoms with Crippen molar-refractivity contribution in [1.29, 1.82) is 0 Å². The lowest BCUT2D eigenvalue weighted by atomic mass is 10.2. The van der Waals surface area contributed by atoms with Gasteiger partial charge in [-0.05, 0) is 38.1 Å². The molecule has 28 heavy (non-hydrogen) atoms. The number of nitrogens with zero attached hydrogens (tertiary/aromatic N) is 6. The summed E-state index contributed by atoms with van der Waals surface area (Å²) in [5, 5.41) is 15.0. The van der Waals surface area contributed by atoms with Gasteiger partial charge in [-0.3, -0.25) is 9.20 Å². The first kappa shape index (κ1) is 17.6. The van der Waals surface area contributed by atoms with E-state index in [0.717, 1.165) is 0 Å². The Bertz CT molecular complexity index is 1140. The SMILES string of the molecule is CCOc1ncccc1C(=O)NCc1nnc2c(-c3nc(C)no3)cccn12. The van der Waals surface area contributed by atoms with Crippen LogP contribution in [0.2, 0.25) is 0 Å². The van der Waals surface area contributed by atoms with Gasteiger partial charge in [-0.15, -0.1) is 10.2 Å². The van der Waals surface area contributed by atoms with Gasteiger partial charge in [0.05, 0.1) is 18.7 Å². The van der Waals surface area contributed by atoms with Crippen LogP contribution in [0.15, 0.2) is 41.2 Å². The molecule has 0 atom stereocenters. The minimum atomic E-state index is -0.308. The zero-order valence-electron chi connectivity index (χ0n) is 15.3. The highest BCUT2D eigenvalue weighted by atomic mass is 16.5. The van der Waals surface area contributed by atoms with E-state index in [-0.39, 0.29) is 12.5 Å². The van der Waals surface area contributed by atoms with E-state index in [2.05, 4.69) is 30.6 Å². The molecule has 142 valence electrons. The van der Waals surface area contributed by atoms with E-state index >= 15 is 0 Å². The summed E-state index contributed by atoms with van der Waals surface area (Å²) in [6.07, 6.45) is 3.38. The molecule has 4 heterocycles. The minimum absolute atomic E-state index is 0.173. The summed E-state index contributed by atoms with van der Waals surface area (Å²) in [6.45, 7) is 4.17. The first-order chi connectivity index (χ1) is 13.7. The van der Waals surface area contributed by atoms with Crippen LogP contribution in [0.4, 0.5) is 0 Å². The first-order valence-electron chi connectivity index (χ1n) is 8.66. The summed E-state index contributed by atoms with van der Waals surface area (Å²) >= 11 is 0. The molecule has 0 saturated heterocycles. The van der Waals surface area contributed by atoms with Gasteiger partial charge < -0.3 is 14.6 Å². The fourth-order valence-corrected chi connectivity index (χ4v) is 2.73. The molecule has 0 saturated carbocycles. The Labute approximate surface area is 159 Å². The van der Waals surface area contributed by atoms with E-state index in [9.17, 15) is 4.79 Å². The molecule has 0 spiro atoms. The van der Waals surface area contributed by atoms with E-state index in [1.54, 1.807) is 35.9 Å². The number of amides is 1. The number of hydrogen-bond acceptors (Lipinski definition) is 8. The number of rotatable bonds is 6. The number of aromatic nitrogens is 6. The van der Waals surface area contributed by atoms with Crippen molar-refractivity contribution in [3.05, 3.63) is 53.9 Å². The van der Waals surface area contributed by atoms with Crippen molar-refractivity contribution < 1.29 is 14.1 Å². The second kappa shape index (κ2) is 7.43. The highest BCUT2D eigenvalue weighted by Gasteiger charge is 2.17. The number of ether oxygens (including phenoxy) is 1. The molecular formula is C18H17N7O3. The maximum absolute atomic E-state index is 12.5. The molecule has 0 unspecified atom stereocenters. The van der Waals surface area contributed by atoms with Crippen LogP contribution < -0.4 is 10.1 Å². The summed E-state index contributed by atoms with van der Waals surface area (Å²) < 4.78 is 12.4. The van der Waals surface area contributed by atoms with Gasteiger partial charge in [-0.25, -0.2) is 4.98 Å². The monoisotopic (exact) mass is 379 g/mol. The van der Waals surface area contributed by atoms with Gasteiger partial charge in [-0.1, -0.05) is 5.16 Å². The lowest BCUT2D eigenvalue weighted by Gasteiger charge is -2.09. The van der Waals surface area contributed by atoms with Crippen molar-refractivity contribution in [3.63, 3.8) is 0 Å². The van der Waals surface area contributed by atoms with E-state index in [4.69, 9.17) is 9.26 Å². The Hall–Kier alpha value is -3.82. The van der Waals surface area contributed by atoms with Crippen LogP contribution >= 0.6 is 0 Å². The maximum Gasteiger partial charge on any atom is 0.261 e. The van der Waals surface area contributed by atoms with Crippen molar-refractivity contribution in [2.24, 2.45) is 0 Å². The van der Waals surface area contributed by atoms with Crippen molar-refractivity contribution in [2.75, 3.05) is 6.61 Å². The molecule has 4 aromatic heterocycles. The normalized spacial score (nSPS) is 10.9. The van der Waals surface area contributed by atoms with E-state index in [0.29, 0.717) is 46.8 Å². The maximum atomic E-state index is 12.5. The van der Waals surface area contributed by atoms with E-state index < -0.39 is 0 Å².